The van der Waals surface area contributed by atoms with Crippen LogP contribution in [0.2, 0.25) is 0 Å². The molecule has 198 valence electrons. The standard InChI is InChI=1S/C26H32F2N6O3/c1-5-29-26(37)25-31-30-24(18-12-17(15(2)3)22(35)13-23(18)36)34(25)16-10-20(27)19(21(28)11-16)14-33-8-6-32(4)7-9-33/h10-13,15,35-36H,5-9,14H2,1-4H3,(H,29,37). The van der Waals surface area contributed by atoms with Crippen LogP contribution in [-0.2, 0) is 6.54 Å². The first-order valence-corrected chi connectivity index (χ1v) is 12.3. The van der Waals surface area contributed by atoms with E-state index < -0.39 is 17.5 Å². The van der Waals surface area contributed by atoms with Crippen molar-refractivity contribution in [1.82, 2.24) is 29.9 Å². The van der Waals surface area contributed by atoms with Gasteiger partial charge in [0.15, 0.2) is 5.82 Å². The number of aromatic hydroxyl groups is 2. The topological polar surface area (TPSA) is 107 Å². The number of halogens is 2. The van der Waals surface area contributed by atoms with Crippen LogP contribution in [0.1, 0.15) is 48.4 Å². The van der Waals surface area contributed by atoms with Crippen LogP contribution in [0.3, 0.4) is 0 Å². The summed E-state index contributed by atoms with van der Waals surface area (Å²) in [5.74, 6) is -2.80. The second-order valence-electron chi connectivity index (χ2n) is 9.59. The molecule has 0 aliphatic carbocycles. The molecule has 0 atom stereocenters. The predicted octanol–water partition coefficient (Wildman–Crippen LogP) is 3.24. The lowest BCUT2D eigenvalue weighted by molar-refractivity contribution is 0.0943. The molecular formula is C26H32F2N6O3. The van der Waals surface area contributed by atoms with Crippen LogP contribution in [0.5, 0.6) is 11.5 Å². The number of nitrogens with one attached hydrogen (secondary N) is 1. The number of benzene rings is 2. The Labute approximate surface area is 214 Å². The highest BCUT2D eigenvalue weighted by atomic mass is 19.1. The number of amides is 1. The molecule has 1 amide bonds. The fraction of sp³-hybridized carbons (Fsp3) is 0.423. The first kappa shape index (κ1) is 26.5. The van der Waals surface area contributed by atoms with Crippen molar-refractivity contribution in [3.05, 3.63) is 52.9 Å². The number of carbonyl (C=O) groups excluding carboxylic acids is 1. The SMILES string of the molecule is CCNC(=O)c1nnc(-c2cc(C(C)C)c(O)cc2O)n1-c1cc(F)c(CN2CCN(C)CC2)c(F)c1. The van der Waals surface area contributed by atoms with E-state index in [-0.39, 0.29) is 52.4 Å². The fourth-order valence-electron chi connectivity index (χ4n) is 4.42. The molecule has 1 saturated heterocycles. The number of piperazine rings is 1. The Hall–Kier alpha value is -3.57. The van der Waals surface area contributed by atoms with E-state index in [9.17, 15) is 15.0 Å². The van der Waals surface area contributed by atoms with E-state index in [2.05, 4.69) is 20.4 Å². The van der Waals surface area contributed by atoms with Crippen molar-refractivity contribution in [1.29, 1.82) is 0 Å². The molecule has 1 aliphatic heterocycles. The van der Waals surface area contributed by atoms with Gasteiger partial charge in [-0.2, -0.15) is 0 Å². The molecule has 1 aromatic heterocycles. The second kappa shape index (κ2) is 10.8. The number of hydrogen-bond acceptors (Lipinski definition) is 7. The van der Waals surface area contributed by atoms with Gasteiger partial charge in [-0.05, 0) is 43.7 Å². The third-order valence-electron chi connectivity index (χ3n) is 6.57. The van der Waals surface area contributed by atoms with Crippen LogP contribution in [-0.4, -0.2) is 80.5 Å². The zero-order valence-electron chi connectivity index (χ0n) is 21.4. The lowest BCUT2D eigenvalue weighted by Gasteiger charge is -2.32. The molecule has 2 heterocycles. The maximum absolute atomic E-state index is 15.3. The molecule has 0 spiro atoms. The van der Waals surface area contributed by atoms with Crippen LogP contribution >= 0.6 is 0 Å². The van der Waals surface area contributed by atoms with Crippen molar-refractivity contribution in [3.63, 3.8) is 0 Å². The summed E-state index contributed by atoms with van der Waals surface area (Å²) < 4.78 is 31.9. The van der Waals surface area contributed by atoms with Crippen molar-refractivity contribution >= 4 is 5.91 Å². The molecule has 1 fully saturated rings. The molecule has 0 radical (unpaired) electrons. The van der Waals surface area contributed by atoms with E-state index in [1.54, 1.807) is 6.92 Å². The van der Waals surface area contributed by atoms with Gasteiger partial charge in [-0.1, -0.05) is 13.8 Å². The van der Waals surface area contributed by atoms with E-state index in [1.807, 2.05) is 25.8 Å². The maximum Gasteiger partial charge on any atom is 0.289 e. The van der Waals surface area contributed by atoms with Crippen LogP contribution in [0.15, 0.2) is 24.3 Å². The molecule has 9 nitrogen and oxygen atoms in total. The summed E-state index contributed by atoms with van der Waals surface area (Å²) in [6.07, 6.45) is 0. The first-order valence-electron chi connectivity index (χ1n) is 12.3. The molecule has 0 unspecified atom stereocenters. The van der Waals surface area contributed by atoms with Gasteiger partial charge in [-0.25, -0.2) is 8.78 Å². The molecule has 3 N–H and O–H groups in total. The molecule has 1 aliphatic rings. The summed E-state index contributed by atoms with van der Waals surface area (Å²) in [6, 6.07) is 5.00. The number of rotatable bonds is 7. The Morgan fingerprint density at radius 1 is 1.03 bits per heavy atom. The Morgan fingerprint density at radius 3 is 2.27 bits per heavy atom. The number of nitrogens with zero attached hydrogens (tertiary/aromatic N) is 5. The highest BCUT2D eigenvalue weighted by molar-refractivity contribution is 5.92. The highest BCUT2D eigenvalue weighted by Gasteiger charge is 2.26. The quantitative estimate of drug-likeness (QED) is 0.444. The number of phenols is 2. The molecule has 0 bridgehead atoms. The number of aromatic nitrogens is 3. The summed E-state index contributed by atoms with van der Waals surface area (Å²) in [4.78, 5) is 16.9. The van der Waals surface area contributed by atoms with Crippen LogP contribution in [0.25, 0.3) is 17.1 Å². The van der Waals surface area contributed by atoms with Crippen LogP contribution in [0, 0.1) is 11.6 Å². The maximum atomic E-state index is 15.3. The molecule has 2 aromatic carbocycles. The summed E-state index contributed by atoms with van der Waals surface area (Å²) in [5, 5.41) is 31.6. The lowest BCUT2D eigenvalue weighted by atomic mass is 9.98. The van der Waals surface area contributed by atoms with Gasteiger partial charge in [0.1, 0.15) is 23.1 Å². The Kier molecular flexibility index (Phi) is 7.74. The molecule has 37 heavy (non-hydrogen) atoms. The van der Waals surface area contributed by atoms with E-state index in [1.165, 1.54) is 16.7 Å². The number of phenolic OH excluding ortho intramolecular Hbond substituents is 2. The number of hydrogen-bond donors (Lipinski definition) is 3. The normalized spacial score (nSPS) is 14.9. The zero-order valence-corrected chi connectivity index (χ0v) is 21.4. The Morgan fingerprint density at radius 2 is 1.68 bits per heavy atom. The summed E-state index contributed by atoms with van der Waals surface area (Å²) in [6.45, 7) is 8.92. The third-order valence-corrected chi connectivity index (χ3v) is 6.57. The highest BCUT2D eigenvalue weighted by Crippen LogP contribution is 2.38. The summed E-state index contributed by atoms with van der Waals surface area (Å²) in [5.41, 5.74) is 0.627. The van der Waals surface area contributed by atoms with Gasteiger partial charge >= 0.3 is 0 Å². The van der Waals surface area contributed by atoms with Gasteiger partial charge in [0, 0.05) is 50.9 Å². The van der Waals surface area contributed by atoms with Crippen LogP contribution < -0.4 is 5.32 Å². The molecule has 0 saturated carbocycles. The van der Waals surface area contributed by atoms with E-state index in [0.717, 1.165) is 25.2 Å². The monoisotopic (exact) mass is 514 g/mol. The summed E-state index contributed by atoms with van der Waals surface area (Å²) >= 11 is 0. The van der Waals surface area contributed by atoms with Crippen molar-refractivity contribution in [3.8, 4) is 28.6 Å². The lowest BCUT2D eigenvalue weighted by Crippen LogP contribution is -2.44. The van der Waals surface area contributed by atoms with Gasteiger partial charge in [-0.15, -0.1) is 10.2 Å². The molecular weight excluding hydrogens is 482 g/mol. The Bertz CT molecular complexity index is 1280. The average molecular weight is 515 g/mol. The van der Waals surface area contributed by atoms with Crippen molar-refractivity contribution in [2.45, 2.75) is 33.2 Å². The molecule has 3 aromatic rings. The van der Waals surface area contributed by atoms with E-state index >= 15 is 8.78 Å². The van der Waals surface area contributed by atoms with Gasteiger partial charge in [0.2, 0.25) is 5.82 Å². The minimum absolute atomic E-state index is 0.00282. The van der Waals surface area contributed by atoms with Gasteiger partial charge < -0.3 is 20.4 Å². The van der Waals surface area contributed by atoms with E-state index in [0.29, 0.717) is 25.2 Å². The van der Waals surface area contributed by atoms with Gasteiger partial charge in [0.25, 0.3) is 5.91 Å². The smallest absolute Gasteiger partial charge is 0.289 e. The third kappa shape index (κ3) is 5.42. The fourth-order valence-corrected chi connectivity index (χ4v) is 4.42. The number of likely N-dealkylation sites (N-methyl/N-ethyl adjacent to an activating group) is 1. The average Bonchev–Trinajstić information content (AvgIpc) is 3.27. The molecule has 11 heteroatoms. The van der Waals surface area contributed by atoms with Crippen LogP contribution in [0.4, 0.5) is 8.78 Å². The second-order valence-corrected chi connectivity index (χ2v) is 9.59. The predicted molar refractivity (Wildman–Crippen MR) is 135 cm³/mol. The van der Waals surface area contributed by atoms with Crippen molar-refractivity contribution < 1.29 is 23.8 Å². The summed E-state index contributed by atoms with van der Waals surface area (Å²) in [7, 11) is 2.01. The molecule has 4 rings (SSSR count). The van der Waals surface area contributed by atoms with Gasteiger partial charge in [0.05, 0.1) is 11.3 Å². The van der Waals surface area contributed by atoms with E-state index in [4.69, 9.17) is 0 Å². The largest absolute Gasteiger partial charge is 0.508 e. The Balaban J connectivity index is 1.82. The van der Waals surface area contributed by atoms with Crippen molar-refractivity contribution in [2.24, 2.45) is 0 Å². The van der Waals surface area contributed by atoms with Crippen molar-refractivity contribution in [2.75, 3.05) is 39.8 Å². The minimum atomic E-state index is -0.756. The minimum Gasteiger partial charge on any atom is -0.508 e. The van der Waals surface area contributed by atoms with Gasteiger partial charge in [-0.3, -0.25) is 14.3 Å². The zero-order chi connectivity index (χ0) is 26.9. The number of carbonyl (C=O) groups is 1. The first-order chi connectivity index (χ1) is 17.6.